The van der Waals surface area contributed by atoms with Crippen molar-refractivity contribution in [3.8, 4) is 0 Å². The molecule has 2 heterocycles. The predicted molar refractivity (Wildman–Crippen MR) is 113 cm³/mol. The Morgan fingerprint density at radius 1 is 1.10 bits per heavy atom. The first kappa shape index (κ1) is 21.4. The highest BCUT2D eigenvalue weighted by Gasteiger charge is 2.30. The van der Waals surface area contributed by atoms with E-state index in [1.807, 2.05) is 44.2 Å². The number of aryl methyl sites for hydroxylation is 1. The number of carbonyl (C=O) groups is 1. The lowest BCUT2D eigenvalue weighted by Gasteiger charge is -2.24. The molecule has 0 saturated carbocycles. The molecule has 29 heavy (non-hydrogen) atoms. The van der Waals surface area contributed by atoms with Crippen LogP contribution < -0.4 is 10.6 Å². The zero-order chi connectivity index (χ0) is 21.0. The van der Waals surface area contributed by atoms with Crippen LogP contribution in [0.2, 0.25) is 0 Å². The molecule has 158 valence electrons. The molecule has 0 aliphatic carbocycles. The minimum absolute atomic E-state index is 0.110. The van der Waals surface area contributed by atoms with Gasteiger partial charge in [0.25, 0.3) is 10.0 Å². The SMILES string of the molecule is Cc1oc(S(=O)(=O)N2CCCCC2)cc1NC(=O)NC(C)C(C)c1ccccc1. The van der Waals surface area contributed by atoms with Crippen LogP contribution in [0.4, 0.5) is 10.5 Å². The molecule has 2 N–H and O–H groups in total. The molecule has 0 radical (unpaired) electrons. The van der Waals surface area contributed by atoms with Gasteiger partial charge in [-0.1, -0.05) is 43.7 Å². The topological polar surface area (TPSA) is 91.7 Å². The maximum absolute atomic E-state index is 12.8. The molecule has 1 aromatic heterocycles. The van der Waals surface area contributed by atoms with Crippen molar-refractivity contribution >= 4 is 21.7 Å². The van der Waals surface area contributed by atoms with Crippen molar-refractivity contribution in [3.63, 3.8) is 0 Å². The molecule has 0 spiro atoms. The van der Waals surface area contributed by atoms with Crippen molar-refractivity contribution in [1.29, 1.82) is 0 Å². The molecule has 2 atom stereocenters. The first-order valence-electron chi connectivity index (χ1n) is 10.0. The molecule has 8 heteroatoms. The Bertz CT molecular complexity index is 934. The average molecular weight is 420 g/mol. The lowest BCUT2D eigenvalue weighted by atomic mass is 9.95. The lowest BCUT2D eigenvalue weighted by molar-refractivity contribution is 0.247. The van der Waals surface area contributed by atoms with E-state index in [9.17, 15) is 13.2 Å². The second-order valence-corrected chi connectivity index (χ2v) is 9.46. The second-order valence-electron chi connectivity index (χ2n) is 7.59. The van der Waals surface area contributed by atoms with Gasteiger partial charge in [-0.2, -0.15) is 4.31 Å². The molecule has 1 saturated heterocycles. The summed E-state index contributed by atoms with van der Waals surface area (Å²) >= 11 is 0. The van der Waals surface area contributed by atoms with Crippen LogP contribution in [0.15, 0.2) is 45.9 Å². The Kier molecular flexibility index (Phi) is 6.64. The number of sulfonamides is 1. The molecule has 0 bridgehead atoms. The number of nitrogens with zero attached hydrogens (tertiary/aromatic N) is 1. The number of rotatable bonds is 6. The van der Waals surface area contributed by atoms with E-state index in [2.05, 4.69) is 10.6 Å². The average Bonchev–Trinajstić information content (AvgIpc) is 3.09. The first-order valence-corrected chi connectivity index (χ1v) is 11.5. The molecule has 7 nitrogen and oxygen atoms in total. The van der Waals surface area contributed by atoms with Crippen molar-refractivity contribution < 1.29 is 17.6 Å². The summed E-state index contributed by atoms with van der Waals surface area (Å²) in [5.74, 6) is 0.488. The number of benzene rings is 1. The van der Waals surface area contributed by atoms with Crippen molar-refractivity contribution in [2.75, 3.05) is 18.4 Å². The number of furan rings is 1. The first-order chi connectivity index (χ1) is 13.8. The highest BCUT2D eigenvalue weighted by atomic mass is 32.2. The van der Waals surface area contributed by atoms with E-state index in [0.29, 0.717) is 24.5 Å². The van der Waals surface area contributed by atoms with E-state index < -0.39 is 16.1 Å². The van der Waals surface area contributed by atoms with E-state index in [1.54, 1.807) is 6.92 Å². The Labute approximate surface area is 172 Å². The van der Waals surface area contributed by atoms with Crippen molar-refractivity contribution in [1.82, 2.24) is 9.62 Å². The number of nitrogens with one attached hydrogen (secondary N) is 2. The smallest absolute Gasteiger partial charge is 0.319 e. The Balaban J connectivity index is 1.65. The highest BCUT2D eigenvalue weighted by Crippen LogP contribution is 2.28. The van der Waals surface area contributed by atoms with E-state index in [1.165, 1.54) is 10.4 Å². The van der Waals surface area contributed by atoms with Gasteiger partial charge in [-0.3, -0.25) is 0 Å². The number of carbonyl (C=O) groups excluding carboxylic acids is 1. The number of piperidine rings is 1. The molecule has 1 fully saturated rings. The number of urea groups is 1. The fourth-order valence-electron chi connectivity index (χ4n) is 3.47. The Morgan fingerprint density at radius 2 is 1.76 bits per heavy atom. The standard InChI is InChI=1S/C21H29N3O4S/c1-15(18-10-6-4-7-11-18)16(2)22-21(25)23-19-14-20(28-17(19)3)29(26,27)24-12-8-5-9-13-24/h4,6-7,10-11,14-16H,5,8-9,12-13H2,1-3H3,(H2,22,23,25). The van der Waals surface area contributed by atoms with Crippen molar-refractivity contribution in [3.05, 3.63) is 47.7 Å². The van der Waals surface area contributed by atoms with Gasteiger partial charge in [-0.05, 0) is 32.3 Å². The normalized spacial score (nSPS) is 17.5. The lowest BCUT2D eigenvalue weighted by Crippen LogP contribution is -2.39. The van der Waals surface area contributed by atoms with Crippen LogP contribution >= 0.6 is 0 Å². The largest absolute Gasteiger partial charge is 0.446 e. The minimum Gasteiger partial charge on any atom is -0.446 e. The summed E-state index contributed by atoms with van der Waals surface area (Å²) in [6.07, 6.45) is 2.74. The highest BCUT2D eigenvalue weighted by molar-refractivity contribution is 7.89. The van der Waals surface area contributed by atoms with Gasteiger partial charge in [0.2, 0.25) is 5.09 Å². The van der Waals surface area contributed by atoms with E-state index >= 15 is 0 Å². The van der Waals surface area contributed by atoms with Crippen LogP contribution in [0.3, 0.4) is 0 Å². The van der Waals surface area contributed by atoms with Gasteiger partial charge in [0.05, 0.1) is 5.69 Å². The van der Waals surface area contributed by atoms with Crippen LogP contribution in [-0.4, -0.2) is 37.9 Å². The van der Waals surface area contributed by atoms with Gasteiger partial charge in [0.15, 0.2) is 0 Å². The van der Waals surface area contributed by atoms with Crippen LogP contribution in [0.25, 0.3) is 0 Å². The number of anilines is 1. The molecular formula is C21H29N3O4S. The summed E-state index contributed by atoms with van der Waals surface area (Å²) in [6, 6.07) is 10.8. The number of amides is 2. The molecule has 1 aliphatic rings. The van der Waals surface area contributed by atoms with Gasteiger partial charge in [0.1, 0.15) is 5.76 Å². The summed E-state index contributed by atoms with van der Waals surface area (Å²) in [7, 11) is -3.68. The van der Waals surface area contributed by atoms with Crippen LogP contribution in [0.1, 0.15) is 50.4 Å². The summed E-state index contributed by atoms with van der Waals surface area (Å²) in [6.45, 7) is 6.62. The van der Waals surface area contributed by atoms with Gasteiger partial charge in [0, 0.05) is 31.1 Å². The molecule has 2 amide bonds. The number of hydrogen-bond acceptors (Lipinski definition) is 4. The predicted octanol–water partition coefficient (Wildman–Crippen LogP) is 4.08. The van der Waals surface area contributed by atoms with Crippen LogP contribution in [0.5, 0.6) is 0 Å². The monoisotopic (exact) mass is 419 g/mol. The Morgan fingerprint density at radius 3 is 2.41 bits per heavy atom. The maximum Gasteiger partial charge on any atom is 0.319 e. The fourth-order valence-corrected chi connectivity index (χ4v) is 4.96. The third-order valence-electron chi connectivity index (χ3n) is 5.49. The van der Waals surface area contributed by atoms with Gasteiger partial charge < -0.3 is 15.1 Å². The molecule has 2 aromatic rings. The molecular weight excluding hydrogens is 390 g/mol. The Hall–Kier alpha value is -2.32. The summed E-state index contributed by atoms with van der Waals surface area (Å²) in [5, 5.41) is 5.50. The van der Waals surface area contributed by atoms with Crippen molar-refractivity contribution in [2.45, 2.75) is 57.1 Å². The summed E-state index contributed by atoms with van der Waals surface area (Å²) < 4.78 is 32.5. The summed E-state index contributed by atoms with van der Waals surface area (Å²) in [4.78, 5) is 12.4. The van der Waals surface area contributed by atoms with E-state index in [0.717, 1.165) is 24.8 Å². The number of hydrogen-bond donors (Lipinski definition) is 2. The van der Waals surface area contributed by atoms with Gasteiger partial charge in [-0.15, -0.1) is 0 Å². The third kappa shape index (κ3) is 5.00. The molecule has 2 unspecified atom stereocenters. The minimum atomic E-state index is -3.68. The summed E-state index contributed by atoms with van der Waals surface area (Å²) in [5.41, 5.74) is 1.49. The zero-order valence-electron chi connectivity index (χ0n) is 17.1. The third-order valence-corrected chi connectivity index (χ3v) is 7.24. The van der Waals surface area contributed by atoms with Crippen LogP contribution in [0, 0.1) is 6.92 Å². The quantitative estimate of drug-likeness (QED) is 0.738. The van der Waals surface area contributed by atoms with Gasteiger partial charge >= 0.3 is 6.03 Å². The van der Waals surface area contributed by atoms with Crippen molar-refractivity contribution in [2.24, 2.45) is 0 Å². The second kappa shape index (κ2) is 9.00. The molecule has 1 aromatic carbocycles. The van der Waals surface area contributed by atoms with E-state index in [4.69, 9.17) is 4.42 Å². The fraction of sp³-hybridized carbons (Fsp3) is 0.476. The van der Waals surface area contributed by atoms with E-state index in [-0.39, 0.29) is 17.1 Å². The van der Waals surface area contributed by atoms with Crippen LogP contribution in [-0.2, 0) is 10.0 Å². The zero-order valence-corrected chi connectivity index (χ0v) is 18.0. The molecule has 3 rings (SSSR count). The molecule has 1 aliphatic heterocycles. The maximum atomic E-state index is 12.8. The van der Waals surface area contributed by atoms with Gasteiger partial charge in [-0.25, -0.2) is 13.2 Å².